The largest absolute Gasteiger partial charge is 0.265 e. The molecule has 2 heterocycles. The first kappa shape index (κ1) is 7.92. The van der Waals surface area contributed by atoms with E-state index in [-0.39, 0.29) is 0 Å². The molecule has 0 saturated carbocycles. The molecule has 0 aliphatic carbocycles. The molecule has 0 atom stereocenters. The third-order valence-corrected chi connectivity index (χ3v) is 1.86. The van der Waals surface area contributed by atoms with Gasteiger partial charge in [0.2, 0.25) is 0 Å². The summed E-state index contributed by atoms with van der Waals surface area (Å²) in [4.78, 5) is 8.22. The second kappa shape index (κ2) is 3.81. The molecule has 2 rings (SSSR count). The van der Waals surface area contributed by atoms with Gasteiger partial charge in [0.1, 0.15) is 0 Å². The van der Waals surface area contributed by atoms with Gasteiger partial charge in [-0.1, -0.05) is 6.07 Å². The first-order chi connectivity index (χ1) is 6.45. The Labute approximate surface area is 77.3 Å². The first-order valence-electron chi connectivity index (χ1n) is 4.24. The van der Waals surface area contributed by atoms with Crippen molar-refractivity contribution in [2.24, 2.45) is 0 Å². The highest BCUT2D eigenvalue weighted by Crippen LogP contribution is 2.04. The molecule has 0 unspecified atom stereocenters. The summed E-state index contributed by atoms with van der Waals surface area (Å²) >= 11 is 0. The van der Waals surface area contributed by atoms with E-state index in [1.165, 1.54) is 5.56 Å². The van der Waals surface area contributed by atoms with Gasteiger partial charge in [0.25, 0.3) is 0 Å². The normalized spacial score (nSPS) is 9.85. The Morgan fingerprint density at radius 3 is 2.46 bits per heavy atom. The predicted molar refractivity (Wildman–Crippen MR) is 51.3 cm³/mol. The SMILES string of the molecule is c1ccc(Cc2ccncc2)nc1. The molecule has 0 aliphatic rings. The highest BCUT2D eigenvalue weighted by Gasteiger charge is 1.94. The fourth-order valence-corrected chi connectivity index (χ4v) is 1.21. The molecule has 0 amide bonds. The van der Waals surface area contributed by atoms with Crippen LogP contribution >= 0.6 is 0 Å². The van der Waals surface area contributed by atoms with Gasteiger partial charge in [0.15, 0.2) is 0 Å². The summed E-state index contributed by atoms with van der Waals surface area (Å²) in [6, 6.07) is 9.98. The maximum atomic E-state index is 4.25. The van der Waals surface area contributed by atoms with Gasteiger partial charge in [-0.25, -0.2) is 0 Å². The van der Waals surface area contributed by atoms with Gasteiger partial charge in [0, 0.05) is 30.7 Å². The van der Waals surface area contributed by atoms with Crippen molar-refractivity contribution < 1.29 is 0 Å². The van der Waals surface area contributed by atoms with Crippen molar-refractivity contribution in [2.45, 2.75) is 6.42 Å². The molecule has 0 aliphatic heterocycles. The average Bonchev–Trinajstić information content (AvgIpc) is 2.21. The van der Waals surface area contributed by atoms with Crippen LogP contribution < -0.4 is 0 Å². The second-order valence-electron chi connectivity index (χ2n) is 2.85. The molecule has 0 N–H and O–H groups in total. The molecule has 0 spiro atoms. The Kier molecular flexibility index (Phi) is 2.32. The summed E-state index contributed by atoms with van der Waals surface area (Å²) in [6.07, 6.45) is 6.30. The standard InChI is InChI=1S/C11H10N2/c1-2-6-13-11(3-1)9-10-4-7-12-8-5-10/h1-8H,9H2. The minimum Gasteiger partial charge on any atom is -0.265 e. The van der Waals surface area contributed by atoms with Crippen LogP contribution in [0.1, 0.15) is 11.3 Å². The van der Waals surface area contributed by atoms with E-state index in [0.717, 1.165) is 12.1 Å². The van der Waals surface area contributed by atoms with Crippen molar-refractivity contribution in [3.8, 4) is 0 Å². The van der Waals surface area contributed by atoms with Crippen molar-refractivity contribution >= 4 is 0 Å². The van der Waals surface area contributed by atoms with E-state index in [2.05, 4.69) is 9.97 Å². The zero-order valence-corrected chi connectivity index (χ0v) is 7.22. The van der Waals surface area contributed by atoms with E-state index in [0.29, 0.717) is 0 Å². The van der Waals surface area contributed by atoms with E-state index in [1.807, 2.05) is 36.5 Å². The Bertz CT molecular complexity index is 319. The number of hydrogen-bond donors (Lipinski definition) is 0. The predicted octanol–water partition coefficient (Wildman–Crippen LogP) is 2.07. The first-order valence-corrected chi connectivity index (χ1v) is 4.24. The minimum absolute atomic E-state index is 0.878. The van der Waals surface area contributed by atoms with Crippen LogP contribution in [0.25, 0.3) is 0 Å². The van der Waals surface area contributed by atoms with E-state index < -0.39 is 0 Å². The van der Waals surface area contributed by atoms with Gasteiger partial charge in [-0.05, 0) is 29.8 Å². The summed E-state index contributed by atoms with van der Waals surface area (Å²) in [5.41, 5.74) is 2.34. The number of pyridine rings is 2. The molecular formula is C11H10N2. The van der Waals surface area contributed by atoms with E-state index in [1.54, 1.807) is 12.4 Å². The molecule has 2 heteroatoms. The van der Waals surface area contributed by atoms with Crippen molar-refractivity contribution in [1.82, 2.24) is 9.97 Å². The van der Waals surface area contributed by atoms with Crippen molar-refractivity contribution in [3.63, 3.8) is 0 Å². The molecule has 0 bridgehead atoms. The van der Waals surface area contributed by atoms with E-state index in [4.69, 9.17) is 0 Å². The minimum atomic E-state index is 0.878. The molecule has 2 nitrogen and oxygen atoms in total. The van der Waals surface area contributed by atoms with Gasteiger partial charge in [-0.2, -0.15) is 0 Å². The Balaban J connectivity index is 2.16. The monoisotopic (exact) mass is 170 g/mol. The quantitative estimate of drug-likeness (QED) is 0.689. The summed E-state index contributed by atoms with van der Waals surface area (Å²) in [6.45, 7) is 0. The van der Waals surface area contributed by atoms with Gasteiger partial charge >= 0.3 is 0 Å². The summed E-state index contributed by atoms with van der Waals surface area (Å²) in [5.74, 6) is 0. The van der Waals surface area contributed by atoms with Crippen molar-refractivity contribution in [2.75, 3.05) is 0 Å². The van der Waals surface area contributed by atoms with Crippen LogP contribution in [0.5, 0.6) is 0 Å². The molecule has 0 aromatic carbocycles. The maximum absolute atomic E-state index is 4.25. The zero-order valence-electron chi connectivity index (χ0n) is 7.22. The Hall–Kier alpha value is -1.70. The number of rotatable bonds is 2. The van der Waals surface area contributed by atoms with Crippen molar-refractivity contribution in [3.05, 3.63) is 60.2 Å². The zero-order chi connectivity index (χ0) is 8.93. The van der Waals surface area contributed by atoms with Gasteiger partial charge in [0.05, 0.1) is 0 Å². The number of hydrogen-bond acceptors (Lipinski definition) is 2. The smallest absolute Gasteiger partial charge is 0.0447 e. The van der Waals surface area contributed by atoms with E-state index >= 15 is 0 Å². The number of nitrogens with zero attached hydrogens (tertiary/aromatic N) is 2. The third-order valence-electron chi connectivity index (χ3n) is 1.86. The topological polar surface area (TPSA) is 25.8 Å². The number of aromatic nitrogens is 2. The van der Waals surface area contributed by atoms with Crippen LogP contribution in [0.3, 0.4) is 0 Å². The second-order valence-corrected chi connectivity index (χ2v) is 2.85. The van der Waals surface area contributed by atoms with Gasteiger partial charge in [-0.15, -0.1) is 0 Å². The van der Waals surface area contributed by atoms with Gasteiger partial charge < -0.3 is 0 Å². The summed E-state index contributed by atoms with van der Waals surface area (Å²) in [7, 11) is 0. The van der Waals surface area contributed by atoms with Crippen molar-refractivity contribution in [1.29, 1.82) is 0 Å². The maximum Gasteiger partial charge on any atom is 0.0447 e. The highest BCUT2D eigenvalue weighted by molar-refractivity contribution is 5.18. The fourth-order valence-electron chi connectivity index (χ4n) is 1.21. The molecule has 0 fully saturated rings. The van der Waals surface area contributed by atoms with Crippen LogP contribution in [-0.2, 0) is 6.42 Å². The molecular weight excluding hydrogens is 160 g/mol. The Morgan fingerprint density at radius 1 is 0.923 bits per heavy atom. The molecule has 64 valence electrons. The average molecular weight is 170 g/mol. The molecule has 13 heavy (non-hydrogen) atoms. The van der Waals surface area contributed by atoms with Gasteiger partial charge in [-0.3, -0.25) is 9.97 Å². The molecule has 0 saturated heterocycles. The molecule has 2 aromatic rings. The third kappa shape index (κ3) is 2.12. The lowest BCUT2D eigenvalue weighted by atomic mass is 10.1. The lowest BCUT2D eigenvalue weighted by molar-refractivity contribution is 1.07. The molecule has 2 aromatic heterocycles. The van der Waals surface area contributed by atoms with E-state index in [9.17, 15) is 0 Å². The lowest BCUT2D eigenvalue weighted by Gasteiger charge is -1.98. The van der Waals surface area contributed by atoms with Crippen LogP contribution in [0.15, 0.2) is 48.9 Å². The van der Waals surface area contributed by atoms with Crippen LogP contribution in [0.4, 0.5) is 0 Å². The van der Waals surface area contributed by atoms with Crippen LogP contribution in [0, 0.1) is 0 Å². The van der Waals surface area contributed by atoms with Crippen LogP contribution in [0.2, 0.25) is 0 Å². The van der Waals surface area contributed by atoms with Crippen LogP contribution in [-0.4, -0.2) is 9.97 Å². The Morgan fingerprint density at radius 2 is 1.77 bits per heavy atom. The lowest BCUT2D eigenvalue weighted by Crippen LogP contribution is -1.90. The molecule has 0 radical (unpaired) electrons. The fraction of sp³-hybridized carbons (Fsp3) is 0.0909. The summed E-state index contributed by atoms with van der Waals surface area (Å²) in [5, 5.41) is 0. The summed E-state index contributed by atoms with van der Waals surface area (Å²) < 4.78 is 0. The highest BCUT2D eigenvalue weighted by atomic mass is 14.7.